The summed E-state index contributed by atoms with van der Waals surface area (Å²) in [6.45, 7) is 3.82. The molecule has 1 saturated carbocycles. The summed E-state index contributed by atoms with van der Waals surface area (Å²) in [7, 11) is 0. The molecule has 2 heterocycles. The molecule has 0 saturated heterocycles. The normalized spacial score (nSPS) is 19.9. The van der Waals surface area contributed by atoms with E-state index in [1.807, 2.05) is 6.07 Å². The number of carbonyl (C=O) groups excluding carboxylic acids is 1. The van der Waals surface area contributed by atoms with E-state index in [0.29, 0.717) is 40.2 Å². The summed E-state index contributed by atoms with van der Waals surface area (Å²) in [5.74, 6) is -2.38. The largest absolute Gasteiger partial charge is 0.392 e. The van der Waals surface area contributed by atoms with Gasteiger partial charge in [-0.1, -0.05) is 6.07 Å². The van der Waals surface area contributed by atoms with E-state index >= 15 is 0 Å². The zero-order valence-electron chi connectivity index (χ0n) is 15.8. The summed E-state index contributed by atoms with van der Waals surface area (Å²) in [5.41, 5.74) is 4.36. The average Bonchev–Trinajstić information content (AvgIpc) is 3.37. The number of hydrogen-bond acceptors (Lipinski definition) is 4. The van der Waals surface area contributed by atoms with Crippen LogP contribution in [-0.2, 0) is 6.54 Å². The number of anilines is 1. The van der Waals surface area contributed by atoms with Gasteiger partial charge in [-0.2, -0.15) is 18.4 Å². The van der Waals surface area contributed by atoms with Gasteiger partial charge in [0.2, 0.25) is 0 Å². The second kappa shape index (κ2) is 6.69. The molecule has 2 atom stereocenters. The van der Waals surface area contributed by atoms with Crippen molar-refractivity contribution < 1.29 is 18.0 Å². The molecule has 1 N–H and O–H groups in total. The summed E-state index contributed by atoms with van der Waals surface area (Å²) >= 11 is 0. The van der Waals surface area contributed by atoms with Gasteiger partial charge >= 0.3 is 6.18 Å². The number of carbonyl (C=O) groups is 1. The third-order valence-electron chi connectivity index (χ3n) is 5.61. The van der Waals surface area contributed by atoms with E-state index in [0.717, 1.165) is 5.56 Å². The fourth-order valence-electron chi connectivity index (χ4n) is 3.70. The van der Waals surface area contributed by atoms with Crippen LogP contribution in [0, 0.1) is 37.0 Å². The van der Waals surface area contributed by atoms with E-state index in [1.54, 1.807) is 32.0 Å². The topological polar surface area (TPSA) is 78.1 Å². The molecule has 1 fully saturated rings. The van der Waals surface area contributed by atoms with Gasteiger partial charge in [0, 0.05) is 29.1 Å². The number of aromatic nitrogens is 1. The molecule has 2 aromatic rings. The Bertz CT molecular complexity index is 1100. The fourth-order valence-corrected chi connectivity index (χ4v) is 3.70. The molecule has 0 radical (unpaired) electrons. The van der Waals surface area contributed by atoms with Gasteiger partial charge in [-0.25, -0.2) is 4.98 Å². The highest BCUT2D eigenvalue weighted by atomic mass is 19.4. The van der Waals surface area contributed by atoms with E-state index in [4.69, 9.17) is 5.26 Å². The maximum Gasteiger partial charge on any atom is 0.392 e. The van der Waals surface area contributed by atoms with Crippen molar-refractivity contribution in [2.24, 2.45) is 16.8 Å². The van der Waals surface area contributed by atoms with Crippen molar-refractivity contribution in [1.82, 2.24) is 4.98 Å². The number of hydrogen-bond donors (Lipinski definition) is 1. The molecule has 4 rings (SSSR count). The van der Waals surface area contributed by atoms with Crippen LogP contribution in [0.25, 0.3) is 0 Å². The zero-order valence-corrected chi connectivity index (χ0v) is 15.8. The SMILES string of the molecule is Cc1c(C#N)cnc(C(=O)Nc2ccc3c(c2)C(C2CC2C(F)(F)F)=NC3)c1C. The van der Waals surface area contributed by atoms with Gasteiger partial charge in [0.05, 0.1) is 18.0 Å². The summed E-state index contributed by atoms with van der Waals surface area (Å²) in [6.07, 6.45) is -2.79. The average molecular weight is 398 g/mol. The Hall–Kier alpha value is -3.21. The zero-order chi connectivity index (χ0) is 20.9. The van der Waals surface area contributed by atoms with Crippen molar-refractivity contribution in [3.8, 4) is 6.07 Å². The number of alkyl halides is 3. The molecule has 2 unspecified atom stereocenters. The Morgan fingerprint density at radius 2 is 2.03 bits per heavy atom. The molecule has 1 aromatic carbocycles. The lowest BCUT2D eigenvalue weighted by Gasteiger charge is -2.11. The van der Waals surface area contributed by atoms with Gasteiger partial charge in [-0.15, -0.1) is 0 Å². The van der Waals surface area contributed by atoms with Gasteiger partial charge in [-0.05, 0) is 49.1 Å². The Kier molecular flexibility index (Phi) is 4.41. The smallest absolute Gasteiger partial charge is 0.321 e. The Labute approximate surface area is 165 Å². The molecule has 8 heteroatoms. The number of pyridine rings is 1. The van der Waals surface area contributed by atoms with E-state index < -0.39 is 23.9 Å². The summed E-state index contributed by atoms with van der Waals surface area (Å²) in [6, 6.07) is 7.18. The second-order valence-electron chi connectivity index (χ2n) is 7.40. The highest BCUT2D eigenvalue weighted by Gasteiger charge is 2.58. The molecule has 1 amide bonds. The molecule has 0 spiro atoms. The Morgan fingerprint density at radius 3 is 2.69 bits per heavy atom. The van der Waals surface area contributed by atoms with Gasteiger partial charge in [0.1, 0.15) is 11.8 Å². The number of aliphatic imine (C=N–C) groups is 1. The maximum atomic E-state index is 12.9. The number of amides is 1. The lowest BCUT2D eigenvalue weighted by atomic mass is 10.0. The van der Waals surface area contributed by atoms with Crippen molar-refractivity contribution in [2.45, 2.75) is 33.0 Å². The number of rotatable bonds is 3. The van der Waals surface area contributed by atoms with Crippen LogP contribution in [0.4, 0.5) is 18.9 Å². The number of fused-ring (bicyclic) bond motifs is 1. The molecule has 1 aromatic heterocycles. The van der Waals surface area contributed by atoms with Crippen LogP contribution < -0.4 is 5.32 Å². The molecular formula is C21H17F3N4O. The predicted molar refractivity (Wildman–Crippen MR) is 101 cm³/mol. The third-order valence-corrected chi connectivity index (χ3v) is 5.61. The summed E-state index contributed by atoms with van der Waals surface area (Å²) in [5, 5.41) is 11.8. The number of nitrogens with one attached hydrogen (secondary N) is 1. The first kappa shape index (κ1) is 19.1. The Morgan fingerprint density at radius 1 is 1.28 bits per heavy atom. The lowest BCUT2D eigenvalue weighted by molar-refractivity contribution is -0.149. The molecule has 1 aliphatic heterocycles. The maximum absolute atomic E-state index is 12.9. The lowest BCUT2D eigenvalue weighted by Crippen LogP contribution is -2.17. The number of nitrogens with zero attached hydrogens (tertiary/aromatic N) is 3. The highest BCUT2D eigenvalue weighted by Crippen LogP contribution is 2.52. The van der Waals surface area contributed by atoms with Crippen LogP contribution in [0.1, 0.15) is 44.7 Å². The second-order valence-corrected chi connectivity index (χ2v) is 7.40. The summed E-state index contributed by atoms with van der Waals surface area (Å²) < 4.78 is 38.8. The van der Waals surface area contributed by atoms with Crippen LogP contribution in [0.15, 0.2) is 29.4 Å². The number of halogens is 3. The molecule has 5 nitrogen and oxygen atoms in total. The molecule has 2 aliphatic rings. The van der Waals surface area contributed by atoms with E-state index in [2.05, 4.69) is 15.3 Å². The van der Waals surface area contributed by atoms with Gasteiger partial charge in [0.25, 0.3) is 5.91 Å². The highest BCUT2D eigenvalue weighted by molar-refractivity contribution is 6.09. The van der Waals surface area contributed by atoms with E-state index in [1.165, 1.54) is 6.20 Å². The van der Waals surface area contributed by atoms with Crippen molar-refractivity contribution in [1.29, 1.82) is 5.26 Å². The van der Waals surface area contributed by atoms with E-state index in [9.17, 15) is 18.0 Å². The number of benzene rings is 1. The third kappa shape index (κ3) is 3.37. The fraction of sp³-hybridized carbons (Fsp3) is 0.333. The first-order valence-electron chi connectivity index (χ1n) is 9.12. The molecule has 29 heavy (non-hydrogen) atoms. The molecular weight excluding hydrogens is 381 g/mol. The standard InChI is InChI=1S/C21H17F3N4O/c1-10-11(2)18(26-9-13(10)7-25)20(29)28-14-4-3-12-8-27-19(15(12)5-14)16-6-17(16)21(22,23)24/h3-5,9,16-17H,6,8H2,1-2H3,(H,28,29). The quantitative estimate of drug-likeness (QED) is 0.836. The molecule has 148 valence electrons. The van der Waals surface area contributed by atoms with Crippen LogP contribution in [-0.4, -0.2) is 22.8 Å². The molecule has 0 bridgehead atoms. The van der Waals surface area contributed by atoms with Crippen molar-refractivity contribution >= 4 is 17.3 Å². The number of nitriles is 1. The first-order valence-corrected chi connectivity index (χ1v) is 9.12. The first-order chi connectivity index (χ1) is 13.7. The Balaban J connectivity index is 1.56. The minimum absolute atomic E-state index is 0.0615. The summed E-state index contributed by atoms with van der Waals surface area (Å²) in [4.78, 5) is 21.1. The van der Waals surface area contributed by atoms with Crippen molar-refractivity contribution in [3.05, 3.63) is 57.9 Å². The van der Waals surface area contributed by atoms with Crippen LogP contribution >= 0.6 is 0 Å². The molecule has 1 aliphatic carbocycles. The van der Waals surface area contributed by atoms with Crippen molar-refractivity contribution in [3.63, 3.8) is 0 Å². The predicted octanol–water partition coefficient (Wildman–Crippen LogP) is 4.32. The van der Waals surface area contributed by atoms with E-state index in [-0.39, 0.29) is 12.1 Å². The minimum Gasteiger partial charge on any atom is -0.321 e. The van der Waals surface area contributed by atoms with Gasteiger partial charge in [-0.3, -0.25) is 9.79 Å². The van der Waals surface area contributed by atoms with Gasteiger partial charge < -0.3 is 5.32 Å². The van der Waals surface area contributed by atoms with Crippen molar-refractivity contribution in [2.75, 3.05) is 5.32 Å². The van der Waals surface area contributed by atoms with Crippen LogP contribution in [0.3, 0.4) is 0 Å². The van der Waals surface area contributed by atoms with Crippen LogP contribution in [0.2, 0.25) is 0 Å². The monoisotopic (exact) mass is 398 g/mol. The van der Waals surface area contributed by atoms with Crippen LogP contribution in [0.5, 0.6) is 0 Å². The minimum atomic E-state index is -4.21. The van der Waals surface area contributed by atoms with Gasteiger partial charge in [0.15, 0.2) is 0 Å².